The molecule has 5 heteroatoms. The minimum absolute atomic E-state index is 0.0959. The Morgan fingerprint density at radius 2 is 2.19 bits per heavy atom. The van der Waals surface area contributed by atoms with Gasteiger partial charge in [0.1, 0.15) is 0 Å². The van der Waals surface area contributed by atoms with E-state index in [0.717, 1.165) is 19.3 Å². The number of carbonyl (C=O) groups is 1. The zero-order valence-corrected chi connectivity index (χ0v) is 16.2. The number of aromatic amines is 1. The molecular weight excluding hydrogens is 336 g/mol. The van der Waals surface area contributed by atoms with Gasteiger partial charge in [-0.1, -0.05) is 18.2 Å². The lowest BCUT2D eigenvalue weighted by Gasteiger charge is -2.16. The predicted octanol–water partition coefficient (Wildman–Crippen LogP) is 3.69. The molecule has 3 aromatic rings. The highest BCUT2D eigenvalue weighted by Gasteiger charge is 2.16. The highest BCUT2D eigenvalue weighted by molar-refractivity contribution is 5.86. The summed E-state index contributed by atoms with van der Waals surface area (Å²) in [6.07, 6.45) is 10.0. The van der Waals surface area contributed by atoms with E-state index in [4.69, 9.17) is 0 Å². The number of H-pyrrole nitrogens is 1. The van der Waals surface area contributed by atoms with E-state index in [1.165, 1.54) is 46.1 Å². The van der Waals surface area contributed by atoms with Gasteiger partial charge >= 0.3 is 0 Å². The van der Waals surface area contributed by atoms with Gasteiger partial charge in [0.25, 0.3) is 0 Å². The summed E-state index contributed by atoms with van der Waals surface area (Å²) in [6, 6.07) is 6.44. The first-order chi connectivity index (χ1) is 13.1. The largest absolute Gasteiger partial charge is 0.361 e. The van der Waals surface area contributed by atoms with Crippen molar-refractivity contribution >= 4 is 16.8 Å². The number of aryl methyl sites for hydroxylation is 3. The van der Waals surface area contributed by atoms with E-state index < -0.39 is 0 Å². The number of amides is 1. The van der Waals surface area contributed by atoms with Gasteiger partial charge in [-0.05, 0) is 62.6 Å². The molecule has 142 valence electrons. The van der Waals surface area contributed by atoms with Crippen LogP contribution in [0, 0.1) is 6.92 Å². The molecule has 4 rings (SSSR count). The van der Waals surface area contributed by atoms with Crippen molar-refractivity contribution in [3.8, 4) is 0 Å². The second-order valence-electron chi connectivity index (χ2n) is 7.78. The van der Waals surface area contributed by atoms with Crippen molar-refractivity contribution in [2.75, 3.05) is 0 Å². The molecule has 0 spiro atoms. The summed E-state index contributed by atoms with van der Waals surface area (Å²) in [4.78, 5) is 15.8. The van der Waals surface area contributed by atoms with E-state index in [9.17, 15) is 4.79 Å². The van der Waals surface area contributed by atoms with Crippen LogP contribution in [-0.4, -0.2) is 26.7 Å². The average Bonchev–Trinajstić information content (AvgIpc) is 3.25. The van der Waals surface area contributed by atoms with Gasteiger partial charge in [0, 0.05) is 41.8 Å². The van der Waals surface area contributed by atoms with Crippen LogP contribution in [0.2, 0.25) is 0 Å². The second-order valence-corrected chi connectivity index (χ2v) is 7.78. The average molecular weight is 364 g/mol. The molecule has 2 N–H and O–H groups in total. The number of aromatic nitrogens is 3. The Labute approximate surface area is 160 Å². The van der Waals surface area contributed by atoms with Crippen LogP contribution >= 0.6 is 0 Å². The van der Waals surface area contributed by atoms with Gasteiger partial charge < -0.3 is 10.3 Å². The topological polar surface area (TPSA) is 62.7 Å². The third-order valence-corrected chi connectivity index (χ3v) is 5.64. The van der Waals surface area contributed by atoms with Gasteiger partial charge in [-0.25, -0.2) is 0 Å². The van der Waals surface area contributed by atoms with Gasteiger partial charge in [-0.2, -0.15) is 5.10 Å². The van der Waals surface area contributed by atoms with Crippen molar-refractivity contribution in [2.45, 2.75) is 65.0 Å². The smallest absolute Gasteiger partial charge is 0.222 e. The van der Waals surface area contributed by atoms with E-state index in [1.807, 2.05) is 10.9 Å². The summed E-state index contributed by atoms with van der Waals surface area (Å²) in [5.74, 6) is 0.0959. The van der Waals surface area contributed by atoms with Crippen molar-refractivity contribution in [1.29, 1.82) is 0 Å². The molecule has 5 nitrogen and oxygen atoms in total. The van der Waals surface area contributed by atoms with Gasteiger partial charge in [0.2, 0.25) is 5.91 Å². The normalized spacial score (nSPS) is 14.9. The van der Waals surface area contributed by atoms with Crippen molar-refractivity contribution in [3.63, 3.8) is 0 Å². The van der Waals surface area contributed by atoms with E-state index in [1.54, 1.807) is 0 Å². The van der Waals surface area contributed by atoms with Crippen LogP contribution in [0.3, 0.4) is 0 Å². The first-order valence-corrected chi connectivity index (χ1v) is 10.0. The first kappa shape index (κ1) is 17.8. The molecule has 0 aliphatic heterocycles. The standard InChI is InChI=1S/C22H28N4O/c1-15-6-5-8-19-18(13-23-22(15)19)12-16(2)25-21(27)10-11-26-20-9-4-3-7-17(20)14-24-26/h5-6,8,13-14,16,23H,3-4,7,9-12H2,1-2H3,(H,25,27). The molecular formula is C22H28N4O. The molecule has 1 aliphatic rings. The van der Waals surface area contributed by atoms with E-state index >= 15 is 0 Å². The molecule has 27 heavy (non-hydrogen) atoms. The summed E-state index contributed by atoms with van der Waals surface area (Å²) in [5, 5.41) is 8.88. The van der Waals surface area contributed by atoms with Crippen LogP contribution in [0.1, 0.15) is 48.6 Å². The van der Waals surface area contributed by atoms with E-state index in [0.29, 0.717) is 13.0 Å². The van der Waals surface area contributed by atoms with Gasteiger partial charge in [0.05, 0.1) is 6.20 Å². The van der Waals surface area contributed by atoms with Gasteiger partial charge in [-0.15, -0.1) is 0 Å². The number of para-hydroxylation sites is 1. The number of nitrogens with zero attached hydrogens (tertiary/aromatic N) is 2. The SMILES string of the molecule is Cc1cccc2c(CC(C)NC(=O)CCn3ncc4c3CCCC4)c[nH]c12. The maximum Gasteiger partial charge on any atom is 0.222 e. The summed E-state index contributed by atoms with van der Waals surface area (Å²) in [7, 11) is 0. The molecule has 0 fully saturated rings. The molecule has 1 aliphatic carbocycles. The molecule has 1 amide bonds. The van der Waals surface area contributed by atoms with E-state index in [2.05, 4.69) is 53.6 Å². The lowest BCUT2D eigenvalue weighted by atomic mass is 9.98. The van der Waals surface area contributed by atoms with Crippen molar-refractivity contribution in [3.05, 3.63) is 53.0 Å². The number of benzene rings is 1. The number of fused-ring (bicyclic) bond motifs is 2. The van der Waals surface area contributed by atoms with Crippen LogP contribution < -0.4 is 5.32 Å². The molecule has 0 radical (unpaired) electrons. The third-order valence-electron chi connectivity index (χ3n) is 5.64. The molecule has 0 bridgehead atoms. The fourth-order valence-electron chi connectivity index (χ4n) is 4.22. The zero-order chi connectivity index (χ0) is 18.8. The minimum atomic E-state index is 0.0959. The number of nitrogens with one attached hydrogen (secondary N) is 2. The monoisotopic (exact) mass is 364 g/mol. The Kier molecular flexibility index (Phi) is 5.01. The Bertz CT molecular complexity index is 953. The summed E-state index contributed by atoms with van der Waals surface area (Å²) < 4.78 is 2.03. The molecule has 0 saturated carbocycles. The fraction of sp³-hybridized carbons (Fsp3) is 0.455. The quantitative estimate of drug-likeness (QED) is 0.701. The zero-order valence-electron chi connectivity index (χ0n) is 16.2. The number of carbonyl (C=O) groups excluding carboxylic acids is 1. The minimum Gasteiger partial charge on any atom is -0.361 e. The summed E-state index contributed by atoms with van der Waals surface area (Å²) in [5.41, 5.74) is 6.39. The molecule has 0 saturated heterocycles. The van der Waals surface area contributed by atoms with E-state index in [-0.39, 0.29) is 11.9 Å². The lowest BCUT2D eigenvalue weighted by molar-refractivity contribution is -0.121. The molecule has 2 heterocycles. The maximum absolute atomic E-state index is 12.4. The Balaban J connectivity index is 1.32. The van der Waals surface area contributed by atoms with Crippen LogP contribution in [0.15, 0.2) is 30.6 Å². The van der Waals surface area contributed by atoms with Gasteiger partial charge in [-0.3, -0.25) is 9.48 Å². The Morgan fingerprint density at radius 1 is 1.33 bits per heavy atom. The molecule has 2 aromatic heterocycles. The first-order valence-electron chi connectivity index (χ1n) is 10.0. The fourth-order valence-corrected chi connectivity index (χ4v) is 4.22. The highest BCUT2D eigenvalue weighted by atomic mass is 16.1. The van der Waals surface area contributed by atoms with Crippen molar-refractivity contribution in [2.24, 2.45) is 0 Å². The van der Waals surface area contributed by atoms with Crippen LogP contribution in [0.5, 0.6) is 0 Å². The summed E-state index contributed by atoms with van der Waals surface area (Å²) >= 11 is 0. The summed E-state index contributed by atoms with van der Waals surface area (Å²) in [6.45, 7) is 4.85. The lowest BCUT2D eigenvalue weighted by Crippen LogP contribution is -2.34. The molecule has 1 unspecified atom stereocenters. The van der Waals surface area contributed by atoms with Crippen LogP contribution in [0.25, 0.3) is 10.9 Å². The van der Waals surface area contributed by atoms with Crippen LogP contribution in [-0.2, 0) is 30.6 Å². The Morgan fingerprint density at radius 3 is 3.07 bits per heavy atom. The molecule has 1 atom stereocenters. The highest BCUT2D eigenvalue weighted by Crippen LogP contribution is 2.23. The number of hydrogen-bond donors (Lipinski definition) is 2. The third kappa shape index (κ3) is 3.77. The molecule has 1 aromatic carbocycles. The number of hydrogen-bond acceptors (Lipinski definition) is 2. The predicted molar refractivity (Wildman–Crippen MR) is 108 cm³/mol. The number of rotatable bonds is 6. The van der Waals surface area contributed by atoms with Gasteiger partial charge in [0.15, 0.2) is 0 Å². The van der Waals surface area contributed by atoms with Crippen LogP contribution in [0.4, 0.5) is 0 Å². The van der Waals surface area contributed by atoms with Crippen molar-refractivity contribution in [1.82, 2.24) is 20.1 Å². The second kappa shape index (κ2) is 7.59. The Hall–Kier alpha value is -2.56. The maximum atomic E-state index is 12.4. The van der Waals surface area contributed by atoms with Crippen molar-refractivity contribution < 1.29 is 4.79 Å².